The first-order chi connectivity index (χ1) is 20.3. The summed E-state index contributed by atoms with van der Waals surface area (Å²) >= 11 is 0. The van der Waals surface area contributed by atoms with Crippen LogP contribution < -0.4 is 10.9 Å². The van der Waals surface area contributed by atoms with Crippen molar-refractivity contribution >= 4 is 35.6 Å². The zero-order chi connectivity index (χ0) is 29.9. The number of hydrogen-bond donors (Lipinski definition) is 2. The Kier molecular flexibility index (Phi) is 9.64. The number of carbonyl (C=O) groups excluding carboxylic acids is 2. The zero-order valence-corrected chi connectivity index (χ0v) is 22.0. The van der Waals surface area contributed by atoms with E-state index in [1.165, 1.54) is 24.6 Å². The van der Waals surface area contributed by atoms with Crippen molar-refractivity contribution in [3.8, 4) is 22.6 Å². The fourth-order valence-electron chi connectivity index (χ4n) is 3.84. The smallest absolute Gasteiger partial charge is 0.280 e. The maximum absolute atomic E-state index is 12.0. The van der Waals surface area contributed by atoms with Crippen molar-refractivity contribution in [2.45, 2.75) is 25.7 Å². The van der Waals surface area contributed by atoms with Crippen LogP contribution in [0, 0.1) is 20.2 Å². The fourth-order valence-corrected chi connectivity index (χ4v) is 3.84. The lowest BCUT2D eigenvalue weighted by atomic mass is 10.1. The van der Waals surface area contributed by atoms with Gasteiger partial charge < -0.3 is 8.83 Å². The standard InChI is InChI=1S/C28H24N6O8/c35-27(31-29-17-19-13-15-25(41-19)21-7-1-3-9-23(21)33(37)38)11-5-6-12-28(36)32-30-18-20-14-16-26(42-20)22-8-2-4-10-24(22)34(39)40/h1-4,7-10,13-18H,5-6,11-12H2,(H,31,35)(H,32,36). The monoisotopic (exact) mass is 572 g/mol. The number of furan rings is 2. The van der Waals surface area contributed by atoms with Gasteiger partial charge in [0.15, 0.2) is 0 Å². The molecule has 2 aromatic carbocycles. The van der Waals surface area contributed by atoms with Gasteiger partial charge in [-0.1, -0.05) is 24.3 Å². The van der Waals surface area contributed by atoms with Gasteiger partial charge in [-0.05, 0) is 49.2 Å². The lowest BCUT2D eigenvalue weighted by Gasteiger charge is -2.01. The van der Waals surface area contributed by atoms with Crippen molar-refractivity contribution < 1.29 is 28.3 Å². The number of nitrogens with one attached hydrogen (secondary N) is 2. The van der Waals surface area contributed by atoms with E-state index in [0.29, 0.717) is 47.0 Å². The largest absolute Gasteiger partial charge is 0.455 e. The lowest BCUT2D eigenvalue weighted by Crippen LogP contribution is -2.18. The van der Waals surface area contributed by atoms with Gasteiger partial charge in [0, 0.05) is 25.0 Å². The van der Waals surface area contributed by atoms with Gasteiger partial charge in [-0.25, -0.2) is 10.9 Å². The van der Waals surface area contributed by atoms with E-state index in [-0.39, 0.29) is 36.0 Å². The van der Waals surface area contributed by atoms with Crippen LogP contribution in [0.15, 0.2) is 91.8 Å². The van der Waals surface area contributed by atoms with Gasteiger partial charge in [0.1, 0.15) is 23.0 Å². The highest BCUT2D eigenvalue weighted by atomic mass is 16.6. The molecular formula is C28H24N6O8. The van der Waals surface area contributed by atoms with Crippen molar-refractivity contribution in [1.29, 1.82) is 0 Å². The molecule has 0 bridgehead atoms. The molecule has 4 aromatic rings. The molecule has 2 heterocycles. The van der Waals surface area contributed by atoms with Gasteiger partial charge in [-0.15, -0.1) is 0 Å². The normalized spacial score (nSPS) is 11.1. The van der Waals surface area contributed by atoms with Crippen molar-refractivity contribution in [3.63, 3.8) is 0 Å². The molecular weight excluding hydrogens is 548 g/mol. The summed E-state index contributed by atoms with van der Waals surface area (Å²) in [6, 6.07) is 18.6. The van der Waals surface area contributed by atoms with Gasteiger partial charge in [-0.3, -0.25) is 29.8 Å². The number of hydrogen-bond acceptors (Lipinski definition) is 10. The SMILES string of the molecule is O=C(CCCCC(=O)NN=Cc1ccc(-c2ccccc2[N+](=O)[O-])o1)NN=Cc1ccc(-c2ccccc2[N+](=O)[O-])o1. The average molecular weight is 573 g/mol. The van der Waals surface area contributed by atoms with Crippen molar-refractivity contribution in [1.82, 2.24) is 10.9 Å². The third-order valence-electron chi connectivity index (χ3n) is 5.81. The molecule has 0 saturated heterocycles. The van der Waals surface area contributed by atoms with Crippen LogP contribution in [0.2, 0.25) is 0 Å². The van der Waals surface area contributed by atoms with Crippen LogP contribution in [-0.4, -0.2) is 34.1 Å². The average Bonchev–Trinajstić information content (AvgIpc) is 3.65. The van der Waals surface area contributed by atoms with Gasteiger partial charge in [0.25, 0.3) is 11.4 Å². The van der Waals surface area contributed by atoms with E-state index in [0.717, 1.165) is 0 Å². The first-order valence-corrected chi connectivity index (χ1v) is 12.6. The predicted molar refractivity (Wildman–Crippen MR) is 152 cm³/mol. The van der Waals surface area contributed by atoms with Crippen molar-refractivity contribution in [2.75, 3.05) is 0 Å². The number of unbranched alkanes of at least 4 members (excludes halogenated alkanes) is 1. The van der Waals surface area contributed by atoms with Gasteiger partial charge in [0.05, 0.1) is 33.4 Å². The van der Waals surface area contributed by atoms with Crippen LogP contribution in [0.4, 0.5) is 11.4 Å². The molecule has 0 spiro atoms. The summed E-state index contributed by atoms with van der Waals surface area (Å²) in [7, 11) is 0. The Morgan fingerprint density at radius 1 is 0.667 bits per heavy atom. The highest BCUT2D eigenvalue weighted by Gasteiger charge is 2.18. The summed E-state index contributed by atoms with van der Waals surface area (Å²) in [5.74, 6) is 0.473. The molecule has 4 rings (SSSR count). The number of hydrazone groups is 2. The summed E-state index contributed by atoms with van der Waals surface area (Å²) < 4.78 is 11.1. The fraction of sp³-hybridized carbons (Fsp3) is 0.143. The van der Waals surface area contributed by atoms with Crippen LogP contribution in [0.1, 0.15) is 37.2 Å². The molecule has 0 aliphatic heterocycles. The first kappa shape index (κ1) is 29.1. The molecule has 14 heteroatoms. The Bertz CT molecular complexity index is 1530. The molecule has 0 unspecified atom stereocenters. The van der Waals surface area contributed by atoms with Gasteiger partial charge >= 0.3 is 0 Å². The number of amides is 2. The minimum Gasteiger partial charge on any atom is -0.455 e. The Morgan fingerprint density at radius 2 is 1.07 bits per heavy atom. The number of carbonyl (C=O) groups is 2. The second kappa shape index (κ2) is 13.9. The Hall–Kier alpha value is -5.92. The quantitative estimate of drug-likeness (QED) is 0.0945. The molecule has 2 aromatic heterocycles. The highest BCUT2D eigenvalue weighted by Crippen LogP contribution is 2.31. The van der Waals surface area contributed by atoms with E-state index < -0.39 is 9.85 Å². The van der Waals surface area contributed by atoms with Crippen LogP contribution in [0.25, 0.3) is 22.6 Å². The van der Waals surface area contributed by atoms with Gasteiger partial charge in [0.2, 0.25) is 11.8 Å². The summed E-state index contributed by atoms with van der Waals surface area (Å²) in [5.41, 5.74) is 5.20. The summed E-state index contributed by atoms with van der Waals surface area (Å²) in [6.07, 6.45) is 3.69. The van der Waals surface area contributed by atoms with Crippen molar-refractivity contribution in [2.24, 2.45) is 10.2 Å². The number of para-hydroxylation sites is 2. The molecule has 0 fully saturated rings. The Labute approximate surface area is 238 Å². The molecule has 0 aliphatic carbocycles. The summed E-state index contributed by atoms with van der Waals surface area (Å²) in [5, 5.41) is 30.1. The number of benzene rings is 2. The molecule has 0 aliphatic rings. The number of nitro benzene ring substituents is 2. The van der Waals surface area contributed by atoms with E-state index in [1.54, 1.807) is 60.7 Å². The number of rotatable bonds is 13. The molecule has 14 nitrogen and oxygen atoms in total. The van der Waals surface area contributed by atoms with E-state index >= 15 is 0 Å². The molecule has 42 heavy (non-hydrogen) atoms. The van der Waals surface area contributed by atoms with Crippen LogP contribution in [-0.2, 0) is 9.59 Å². The second-order valence-corrected chi connectivity index (χ2v) is 8.75. The molecule has 2 N–H and O–H groups in total. The maximum atomic E-state index is 12.0. The van der Waals surface area contributed by atoms with Crippen molar-refractivity contribution in [3.05, 3.63) is 105 Å². The van der Waals surface area contributed by atoms with Crippen LogP contribution in [0.3, 0.4) is 0 Å². The highest BCUT2D eigenvalue weighted by molar-refractivity contribution is 5.83. The van der Waals surface area contributed by atoms with Gasteiger partial charge in [-0.2, -0.15) is 10.2 Å². The Morgan fingerprint density at radius 3 is 1.48 bits per heavy atom. The minimum absolute atomic E-state index is 0.0888. The molecule has 0 radical (unpaired) electrons. The maximum Gasteiger partial charge on any atom is 0.280 e. The second-order valence-electron chi connectivity index (χ2n) is 8.75. The molecule has 214 valence electrons. The summed E-state index contributed by atoms with van der Waals surface area (Å²) in [4.78, 5) is 45.4. The lowest BCUT2D eigenvalue weighted by molar-refractivity contribution is -0.384. The molecule has 0 atom stereocenters. The number of nitro groups is 2. The third-order valence-corrected chi connectivity index (χ3v) is 5.81. The minimum atomic E-state index is -0.496. The first-order valence-electron chi connectivity index (χ1n) is 12.6. The van der Waals surface area contributed by atoms with E-state index in [9.17, 15) is 29.8 Å². The topological polar surface area (TPSA) is 195 Å². The molecule has 0 saturated carbocycles. The Balaban J connectivity index is 1.15. The third kappa shape index (κ3) is 7.81. The van der Waals surface area contributed by atoms with E-state index in [2.05, 4.69) is 21.1 Å². The van der Waals surface area contributed by atoms with Crippen LogP contribution >= 0.6 is 0 Å². The molecule has 2 amide bonds. The predicted octanol–water partition coefficient (Wildman–Crippen LogP) is 5.18. The number of nitrogens with zero attached hydrogens (tertiary/aromatic N) is 4. The van der Waals surface area contributed by atoms with E-state index in [1.807, 2.05) is 0 Å². The zero-order valence-electron chi connectivity index (χ0n) is 22.0. The van der Waals surface area contributed by atoms with Crippen LogP contribution in [0.5, 0.6) is 0 Å². The summed E-state index contributed by atoms with van der Waals surface area (Å²) in [6.45, 7) is 0. The van der Waals surface area contributed by atoms with E-state index in [4.69, 9.17) is 8.83 Å².